The van der Waals surface area contributed by atoms with Crippen molar-refractivity contribution in [2.24, 2.45) is 0 Å². The molecule has 1 rings (SSSR count). The zero-order valence-corrected chi connectivity index (χ0v) is 10.1. The van der Waals surface area contributed by atoms with Crippen LogP contribution in [0.2, 0.25) is 5.15 Å². The number of hydrogen-bond donors (Lipinski definition) is 0. The molecule has 0 radical (unpaired) electrons. The van der Waals surface area contributed by atoms with Gasteiger partial charge in [0.15, 0.2) is 0 Å². The van der Waals surface area contributed by atoms with Crippen LogP contribution in [0.3, 0.4) is 0 Å². The quantitative estimate of drug-likeness (QED) is 0.722. The summed E-state index contributed by atoms with van der Waals surface area (Å²) >= 11 is 6.00. The van der Waals surface area contributed by atoms with Crippen LogP contribution in [0.25, 0.3) is 0 Å². The first kappa shape index (κ1) is 12.2. The van der Waals surface area contributed by atoms with Gasteiger partial charge in [0.25, 0.3) is 0 Å². The molecule has 0 saturated heterocycles. The molecule has 0 atom stereocenters. The van der Waals surface area contributed by atoms with E-state index in [0.717, 1.165) is 24.3 Å². The molecule has 1 heterocycles. The predicted octanol–water partition coefficient (Wildman–Crippen LogP) is 1.77. The lowest BCUT2D eigenvalue weighted by molar-refractivity contribution is 0.206. The topological polar surface area (TPSA) is 38.2 Å². The van der Waals surface area contributed by atoms with Crippen molar-refractivity contribution >= 4 is 17.4 Å². The largest absolute Gasteiger partial charge is 0.383 e. The number of methoxy groups -OCH3 is 1. The van der Waals surface area contributed by atoms with Crippen LogP contribution in [0, 0.1) is 0 Å². The second-order valence-corrected chi connectivity index (χ2v) is 3.59. The summed E-state index contributed by atoms with van der Waals surface area (Å²) in [6.07, 6.45) is 2.31. The fourth-order valence-corrected chi connectivity index (χ4v) is 1.61. The van der Waals surface area contributed by atoms with Gasteiger partial charge in [0.1, 0.15) is 17.3 Å². The van der Waals surface area contributed by atoms with Crippen molar-refractivity contribution in [3.63, 3.8) is 0 Å². The lowest BCUT2D eigenvalue weighted by Gasteiger charge is -2.20. The third-order valence-electron chi connectivity index (χ3n) is 2.22. The van der Waals surface area contributed by atoms with Crippen LogP contribution >= 0.6 is 11.6 Å². The fraction of sp³-hybridized carbons (Fsp3) is 0.600. The predicted molar refractivity (Wildman–Crippen MR) is 61.6 cm³/mol. The molecule has 1 aromatic heterocycles. The van der Waals surface area contributed by atoms with E-state index < -0.39 is 0 Å². The van der Waals surface area contributed by atoms with E-state index in [1.165, 1.54) is 6.33 Å². The van der Waals surface area contributed by atoms with Gasteiger partial charge in [-0.15, -0.1) is 0 Å². The molecule has 0 fully saturated rings. The highest BCUT2D eigenvalue weighted by Crippen LogP contribution is 2.22. The minimum absolute atomic E-state index is 0.534. The molecule has 0 N–H and O–H groups in total. The van der Waals surface area contributed by atoms with Gasteiger partial charge in [-0.05, 0) is 6.42 Å². The van der Waals surface area contributed by atoms with Crippen LogP contribution < -0.4 is 4.90 Å². The van der Waals surface area contributed by atoms with E-state index in [-0.39, 0.29) is 0 Å². The second kappa shape index (κ2) is 5.88. The first-order valence-electron chi connectivity index (χ1n) is 4.90. The van der Waals surface area contributed by atoms with Crippen LogP contribution in [0.15, 0.2) is 6.33 Å². The minimum atomic E-state index is 0.534. The molecular weight excluding hydrogens is 214 g/mol. The summed E-state index contributed by atoms with van der Waals surface area (Å²) in [6.45, 7) is 3.50. The Morgan fingerprint density at radius 2 is 2.20 bits per heavy atom. The molecule has 84 valence electrons. The average Bonchev–Trinajstić information content (AvgIpc) is 2.25. The average molecular weight is 230 g/mol. The van der Waals surface area contributed by atoms with Crippen LogP contribution in [-0.2, 0) is 11.2 Å². The van der Waals surface area contributed by atoms with E-state index in [0.29, 0.717) is 11.8 Å². The number of ether oxygens (including phenoxy) is 1. The van der Waals surface area contributed by atoms with Gasteiger partial charge in [0, 0.05) is 26.3 Å². The van der Waals surface area contributed by atoms with Crippen molar-refractivity contribution in [3.05, 3.63) is 17.0 Å². The molecule has 0 amide bonds. The number of likely N-dealkylation sites (N-methyl/N-ethyl adjacent to an activating group) is 1. The molecule has 0 spiro atoms. The van der Waals surface area contributed by atoms with Crippen molar-refractivity contribution in [2.75, 3.05) is 32.2 Å². The third kappa shape index (κ3) is 3.04. The van der Waals surface area contributed by atoms with Gasteiger partial charge in [-0.3, -0.25) is 0 Å². The first-order chi connectivity index (χ1) is 7.20. The fourth-order valence-electron chi connectivity index (χ4n) is 1.35. The van der Waals surface area contributed by atoms with Crippen molar-refractivity contribution in [1.29, 1.82) is 0 Å². The molecule has 0 aliphatic heterocycles. The van der Waals surface area contributed by atoms with Gasteiger partial charge in [0.2, 0.25) is 0 Å². The van der Waals surface area contributed by atoms with E-state index in [9.17, 15) is 0 Å². The van der Waals surface area contributed by atoms with Gasteiger partial charge >= 0.3 is 0 Å². The van der Waals surface area contributed by atoms with E-state index in [2.05, 4.69) is 9.97 Å². The maximum absolute atomic E-state index is 6.00. The van der Waals surface area contributed by atoms with Gasteiger partial charge < -0.3 is 9.64 Å². The van der Waals surface area contributed by atoms with Crippen LogP contribution in [0.5, 0.6) is 0 Å². The van der Waals surface area contributed by atoms with Crippen molar-refractivity contribution in [3.8, 4) is 0 Å². The summed E-state index contributed by atoms with van der Waals surface area (Å²) in [5.74, 6) is 0.884. The van der Waals surface area contributed by atoms with Crippen molar-refractivity contribution in [1.82, 2.24) is 9.97 Å². The van der Waals surface area contributed by atoms with Crippen LogP contribution in [-0.4, -0.2) is 37.3 Å². The lowest BCUT2D eigenvalue weighted by Crippen LogP contribution is -2.24. The molecule has 0 aliphatic carbocycles. The standard InChI is InChI=1S/C10H16ClN3O/c1-4-8-9(11)12-7-13-10(8)14(2)5-6-15-3/h7H,4-6H2,1-3H3. The summed E-state index contributed by atoms with van der Waals surface area (Å²) in [5, 5.41) is 0.534. The molecule has 15 heavy (non-hydrogen) atoms. The van der Waals surface area contributed by atoms with Gasteiger partial charge in [-0.1, -0.05) is 18.5 Å². The molecule has 1 aromatic rings. The smallest absolute Gasteiger partial charge is 0.137 e. The Bertz CT molecular complexity index is 320. The van der Waals surface area contributed by atoms with Gasteiger partial charge in [-0.2, -0.15) is 0 Å². The molecule has 0 unspecified atom stereocenters. The molecule has 5 heteroatoms. The Balaban J connectivity index is 2.87. The maximum atomic E-state index is 6.00. The van der Waals surface area contributed by atoms with Crippen molar-refractivity contribution < 1.29 is 4.74 Å². The first-order valence-corrected chi connectivity index (χ1v) is 5.28. The summed E-state index contributed by atoms with van der Waals surface area (Å²) < 4.78 is 5.02. The Hall–Kier alpha value is -0.870. The number of halogens is 1. The summed E-state index contributed by atoms with van der Waals surface area (Å²) in [5.41, 5.74) is 0.984. The van der Waals surface area contributed by atoms with Crippen LogP contribution in [0.4, 0.5) is 5.82 Å². The SMILES string of the molecule is CCc1c(Cl)ncnc1N(C)CCOC. The highest BCUT2D eigenvalue weighted by Gasteiger charge is 2.11. The normalized spacial score (nSPS) is 10.4. The monoisotopic (exact) mass is 229 g/mol. The van der Waals surface area contributed by atoms with Gasteiger partial charge in [0.05, 0.1) is 6.61 Å². The summed E-state index contributed by atoms with van der Waals surface area (Å²) in [4.78, 5) is 10.2. The number of hydrogen-bond acceptors (Lipinski definition) is 4. The number of nitrogens with zero attached hydrogens (tertiary/aromatic N) is 3. The molecule has 0 aliphatic rings. The minimum Gasteiger partial charge on any atom is -0.383 e. The van der Waals surface area contributed by atoms with E-state index in [1.807, 2.05) is 18.9 Å². The van der Waals surface area contributed by atoms with E-state index in [1.54, 1.807) is 7.11 Å². The Kier molecular flexibility index (Phi) is 4.78. The summed E-state index contributed by atoms with van der Waals surface area (Å²) in [7, 11) is 3.65. The Morgan fingerprint density at radius 3 is 2.80 bits per heavy atom. The molecule has 0 bridgehead atoms. The zero-order chi connectivity index (χ0) is 11.3. The number of rotatable bonds is 5. The summed E-state index contributed by atoms with van der Waals surface area (Å²) in [6, 6.07) is 0. The van der Waals surface area contributed by atoms with Crippen molar-refractivity contribution in [2.45, 2.75) is 13.3 Å². The van der Waals surface area contributed by atoms with Crippen LogP contribution in [0.1, 0.15) is 12.5 Å². The number of aromatic nitrogens is 2. The Morgan fingerprint density at radius 1 is 1.47 bits per heavy atom. The second-order valence-electron chi connectivity index (χ2n) is 3.23. The highest BCUT2D eigenvalue weighted by molar-refractivity contribution is 6.30. The highest BCUT2D eigenvalue weighted by atomic mass is 35.5. The third-order valence-corrected chi connectivity index (χ3v) is 2.54. The van der Waals surface area contributed by atoms with E-state index in [4.69, 9.17) is 16.3 Å². The van der Waals surface area contributed by atoms with E-state index >= 15 is 0 Å². The number of anilines is 1. The zero-order valence-electron chi connectivity index (χ0n) is 9.33. The molecule has 0 saturated carbocycles. The molecule has 0 aromatic carbocycles. The molecular formula is C10H16ClN3O. The maximum Gasteiger partial charge on any atom is 0.137 e. The molecule has 4 nitrogen and oxygen atoms in total. The Labute approximate surface area is 95.2 Å². The van der Waals surface area contributed by atoms with Gasteiger partial charge in [-0.25, -0.2) is 9.97 Å². The lowest BCUT2D eigenvalue weighted by atomic mass is 10.2.